The maximum atomic E-state index is 11.9. The van der Waals surface area contributed by atoms with E-state index in [0.29, 0.717) is 5.92 Å². The number of hydrogen-bond donors (Lipinski definition) is 1. The van der Waals surface area contributed by atoms with Crippen molar-refractivity contribution < 1.29 is 4.79 Å². The van der Waals surface area contributed by atoms with Crippen molar-refractivity contribution in [3.63, 3.8) is 0 Å². The minimum absolute atomic E-state index is 0.134. The standard InChI is InChI=1S/C13H26N2O/c1-4-9-15(10-12-5-6-12)13(16)14-8-7-11(2)3/h11-12H,4-10H2,1-3H3,(H,14,16). The first-order chi connectivity index (χ1) is 7.63. The third-order valence-electron chi connectivity index (χ3n) is 2.95. The third-order valence-corrected chi connectivity index (χ3v) is 2.95. The summed E-state index contributed by atoms with van der Waals surface area (Å²) in [6.45, 7) is 9.15. The molecule has 94 valence electrons. The van der Waals surface area contributed by atoms with Crippen LogP contribution in [0.25, 0.3) is 0 Å². The van der Waals surface area contributed by atoms with Crippen LogP contribution in [0.3, 0.4) is 0 Å². The summed E-state index contributed by atoms with van der Waals surface area (Å²) in [7, 11) is 0. The second-order valence-electron chi connectivity index (χ2n) is 5.30. The van der Waals surface area contributed by atoms with Gasteiger partial charge in [0.1, 0.15) is 0 Å². The largest absolute Gasteiger partial charge is 0.338 e. The molecule has 0 saturated heterocycles. The number of carbonyl (C=O) groups excluding carboxylic acids is 1. The van der Waals surface area contributed by atoms with Crippen LogP contribution in [0.5, 0.6) is 0 Å². The maximum absolute atomic E-state index is 11.9. The Morgan fingerprint density at radius 3 is 2.62 bits per heavy atom. The van der Waals surface area contributed by atoms with E-state index in [1.54, 1.807) is 0 Å². The SMILES string of the molecule is CCCN(CC1CC1)C(=O)NCCC(C)C. The van der Waals surface area contributed by atoms with Crippen LogP contribution in [-0.2, 0) is 0 Å². The van der Waals surface area contributed by atoms with Crippen molar-refractivity contribution in [2.75, 3.05) is 19.6 Å². The summed E-state index contributed by atoms with van der Waals surface area (Å²) in [4.78, 5) is 13.9. The van der Waals surface area contributed by atoms with E-state index in [-0.39, 0.29) is 6.03 Å². The van der Waals surface area contributed by atoms with Crippen molar-refractivity contribution >= 4 is 6.03 Å². The third kappa shape index (κ3) is 5.38. The van der Waals surface area contributed by atoms with E-state index in [1.165, 1.54) is 12.8 Å². The average molecular weight is 226 g/mol. The van der Waals surface area contributed by atoms with Gasteiger partial charge in [-0.15, -0.1) is 0 Å². The minimum atomic E-state index is 0.134. The molecule has 0 aromatic heterocycles. The molecule has 0 bridgehead atoms. The van der Waals surface area contributed by atoms with Crippen molar-refractivity contribution in [2.45, 2.75) is 46.5 Å². The quantitative estimate of drug-likeness (QED) is 0.711. The lowest BCUT2D eigenvalue weighted by Gasteiger charge is -2.22. The molecule has 1 aliphatic rings. The van der Waals surface area contributed by atoms with Gasteiger partial charge in [0.15, 0.2) is 0 Å². The van der Waals surface area contributed by atoms with Gasteiger partial charge in [0.2, 0.25) is 0 Å². The van der Waals surface area contributed by atoms with Crippen LogP contribution in [0.1, 0.15) is 46.5 Å². The van der Waals surface area contributed by atoms with Gasteiger partial charge in [-0.2, -0.15) is 0 Å². The zero-order chi connectivity index (χ0) is 12.0. The molecule has 0 atom stereocenters. The smallest absolute Gasteiger partial charge is 0.317 e. The molecule has 1 fully saturated rings. The van der Waals surface area contributed by atoms with Crippen LogP contribution < -0.4 is 5.32 Å². The molecular formula is C13H26N2O. The lowest BCUT2D eigenvalue weighted by Crippen LogP contribution is -2.42. The van der Waals surface area contributed by atoms with Gasteiger partial charge in [-0.25, -0.2) is 4.79 Å². The van der Waals surface area contributed by atoms with Crippen LogP contribution in [0, 0.1) is 11.8 Å². The van der Waals surface area contributed by atoms with E-state index in [4.69, 9.17) is 0 Å². The molecule has 0 spiro atoms. The van der Waals surface area contributed by atoms with E-state index in [2.05, 4.69) is 26.1 Å². The normalized spacial score (nSPS) is 15.2. The average Bonchev–Trinajstić information content (AvgIpc) is 3.00. The zero-order valence-corrected chi connectivity index (χ0v) is 11.0. The lowest BCUT2D eigenvalue weighted by molar-refractivity contribution is 0.194. The molecule has 0 unspecified atom stereocenters. The molecule has 1 N–H and O–H groups in total. The molecule has 0 radical (unpaired) electrons. The van der Waals surface area contributed by atoms with Crippen molar-refractivity contribution in [3.05, 3.63) is 0 Å². The van der Waals surface area contributed by atoms with Crippen molar-refractivity contribution in [1.29, 1.82) is 0 Å². The van der Waals surface area contributed by atoms with Crippen molar-refractivity contribution in [2.24, 2.45) is 11.8 Å². The van der Waals surface area contributed by atoms with Gasteiger partial charge >= 0.3 is 6.03 Å². The first-order valence-corrected chi connectivity index (χ1v) is 6.66. The Hall–Kier alpha value is -0.730. The second kappa shape index (κ2) is 6.77. The zero-order valence-electron chi connectivity index (χ0n) is 11.0. The van der Waals surface area contributed by atoms with E-state index >= 15 is 0 Å². The molecule has 3 heteroatoms. The van der Waals surface area contributed by atoms with Gasteiger partial charge in [-0.05, 0) is 37.5 Å². The molecule has 0 heterocycles. The highest BCUT2D eigenvalue weighted by molar-refractivity contribution is 5.74. The Bertz CT molecular complexity index is 212. The number of hydrogen-bond acceptors (Lipinski definition) is 1. The first-order valence-electron chi connectivity index (χ1n) is 6.66. The number of nitrogens with zero attached hydrogens (tertiary/aromatic N) is 1. The van der Waals surface area contributed by atoms with Crippen molar-refractivity contribution in [3.8, 4) is 0 Å². The van der Waals surface area contributed by atoms with E-state index in [1.807, 2.05) is 4.90 Å². The van der Waals surface area contributed by atoms with Crippen LogP contribution in [0.2, 0.25) is 0 Å². The fourth-order valence-electron chi connectivity index (χ4n) is 1.74. The summed E-state index contributed by atoms with van der Waals surface area (Å²) in [5.74, 6) is 1.44. The predicted molar refractivity (Wildman–Crippen MR) is 67.4 cm³/mol. The number of amides is 2. The molecule has 1 rings (SSSR count). The van der Waals surface area contributed by atoms with E-state index < -0.39 is 0 Å². The van der Waals surface area contributed by atoms with E-state index in [0.717, 1.165) is 38.4 Å². The monoisotopic (exact) mass is 226 g/mol. The molecule has 0 aliphatic heterocycles. The summed E-state index contributed by atoms with van der Waals surface area (Å²) in [5, 5.41) is 3.02. The summed E-state index contributed by atoms with van der Waals surface area (Å²) in [5.41, 5.74) is 0. The Balaban J connectivity index is 2.22. The lowest BCUT2D eigenvalue weighted by atomic mass is 10.1. The van der Waals surface area contributed by atoms with Crippen LogP contribution in [0.4, 0.5) is 4.79 Å². The highest BCUT2D eigenvalue weighted by Crippen LogP contribution is 2.29. The second-order valence-corrected chi connectivity index (χ2v) is 5.30. The summed E-state index contributed by atoms with van der Waals surface area (Å²) in [6, 6.07) is 0.134. The highest BCUT2D eigenvalue weighted by atomic mass is 16.2. The number of nitrogens with one attached hydrogen (secondary N) is 1. The molecule has 1 saturated carbocycles. The maximum Gasteiger partial charge on any atom is 0.317 e. The summed E-state index contributed by atoms with van der Waals surface area (Å²) in [6.07, 6.45) is 4.72. The molecule has 3 nitrogen and oxygen atoms in total. The number of carbonyl (C=O) groups is 1. The Kier molecular flexibility index (Phi) is 5.64. The molecule has 0 aromatic carbocycles. The van der Waals surface area contributed by atoms with Gasteiger partial charge in [0.05, 0.1) is 0 Å². The highest BCUT2D eigenvalue weighted by Gasteiger charge is 2.26. The van der Waals surface area contributed by atoms with Gasteiger partial charge in [-0.1, -0.05) is 20.8 Å². The van der Waals surface area contributed by atoms with E-state index in [9.17, 15) is 4.79 Å². The molecular weight excluding hydrogens is 200 g/mol. The molecule has 2 amide bonds. The number of rotatable bonds is 7. The van der Waals surface area contributed by atoms with Crippen molar-refractivity contribution in [1.82, 2.24) is 10.2 Å². The Morgan fingerprint density at radius 2 is 2.12 bits per heavy atom. The molecule has 0 aromatic rings. The van der Waals surface area contributed by atoms with Gasteiger partial charge in [0.25, 0.3) is 0 Å². The Labute approximate surface area is 99.6 Å². The number of urea groups is 1. The van der Waals surface area contributed by atoms with Crippen LogP contribution >= 0.6 is 0 Å². The fraction of sp³-hybridized carbons (Fsp3) is 0.923. The van der Waals surface area contributed by atoms with Gasteiger partial charge in [-0.3, -0.25) is 0 Å². The predicted octanol–water partition coefficient (Wildman–Crippen LogP) is 2.86. The van der Waals surface area contributed by atoms with Gasteiger partial charge < -0.3 is 10.2 Å². The molecule has 1 aliphatic carbocycles. The summed E-state index contributed by atoms with van der Waals surface area (Å²) >= 11 is 0. The summed E-state index contributed by atoms with van der Waals surface area (Å²) < 4.78 is 0. The Morgan fingerprint density at radius 1 is 1.44 bits per heavy atom. The van der Waals surface area contributed by atoms with Gasteiger partial charge in [0, 0.05) is 19.6 Å². The minimum Gasteiger partial charge on any atom is -0.338 e. The topological polar surface area (TPSA) is 32.3 Å². The first kappa shape index (κ1) is 13.3. The fourth-order valence-corrected chi connectivity index (χ4v) is 1.74. The molecule has 16 heavy (non-hydrogen) atoms. The van der Waals surface area contributed by atoms with Crippen LogP contribution in [-0.4, -0.2) is 30.6 Å². The van der Waals surface area contributed by atoms with Crippen LogP contribution in [0.15, 0.2) is 0 Å².